The number of amides is 1. The number of para-hydroxylation sites is 1. The van der Waals surface area contributed by atoms with E-state index < -0.39 is 16.1 Å². The zero-order valence-corrected chi connectivity index (χ0v) is 20.5. The number of nitrogens with one attached hydrogen (secondary N) is 1. The molecule has 3 aromatic carbocycles. The summed E-state index contributed by atoms with van der Waals surface area (Å²) in [6, 6.07) is 25.1. The van der Waals surface area contributed by atoms with Gasteiger partial charge in [0, 0.05) is 41.2 Å². The number of phenolic OH excluding ortho intramolecular Hbond substituents is 1. The van der Waals surface area contributed by atoms with Crippen LogP contribution in [0.25, 0.3) is 0 Å². The number of phenols is 1. The van der Waals surface area contributed by atoms with Gasteiger partial charge < -0.3 is 5.11 Å². The van der Waals surface area contributed by atoms with E-state index in [1.54, 1.807) is 91.3 Å². The molecule has 186 valence electrons. The molecule has 0 aliphatic carbocycles. The highest BCUT2D eigenvalue weighted by atomic mass is 32.2. The Hall–Kier alpha value is -4.50. The number of sulfonamides is 1. The van der Waals surface area contributed by atoms with Crippen LogP contribution in [0.2, 0.25) is 0 Å². The van der Waals surface area contributed by atoms with E-state index in [9.17, 15) is 18.3 Å². The highest BCUT2D eigenvalue weighted by Gasteiger charge is 2.35. The number of nitrogens with zero attached hydrogens (tertiary/aromatic N) is 3. The Morgan fingerprint density at radius 1 is 0.946 bits per heavy atom. The topological polar surface area (TPSA) is 112 Å². The van der Waals surface area contributed by atoms with Crippen molar-refractivity contribution in [2.75, 3.05) is 4.72 Å². The highest BCUT2D eigenvalue weighted by molar-refractivity contribution is 7.91. The average molecular weight is 513 g/mol. The van der Waals surface area contributed by atoms with Crippen molar-refractivity contribution in [3.8, 4) is 5.75 Å². The van der Waals surface area contributed by atoms with Crippen molar-refractivity contribution in [3.63, 3.8) is 0 Å². The Morgan fingerprint density at radius 3 is 2.38 bits per heavy atom. The number of rotatable bonds is 7. The molecule has 0 fully saturated rings. The van der Waals surface area contributed by atoms with Gasteiger partial charge in [0.15, 0.2) is 0 Å². The largest absolute Gasteiger partial charge is 0.508 e. The Labute approximate surface area is 215 Å². The smallest absolute Gasteiger partial charge is 0.274 e. The number of aromatic hydroxyl groups is 1. The molecule has 2 N–H and O–H groups in total. The molecule has 1 atom stereocenters. The van der Waals surface area contributed by atoms with E-state index in [2.05, 4.69) is 14.8 Å². The Morgan fingerprint density at radius 2 is 1.68 bits per heavy atom. The van der Waals surface area contributed by atoms with Crippen LogP contribution in [0.3, 0.4) is 0 Å². The number of pyridine rings is 1. The molecule has 8 nitrogen and oxygen atoms in total. The molecule has 0 spiro atoms. The van der Waals surface area contributed by atoms with Crippen molar-refractivity contribution in [2.45, 2.75) is 18.2 Å². The Bertz CT molecular complexity index is 1540. The third kappa shape index (κ3) is 5.52. The van der Waals surface area contributed by atoms with Gasteiger partial charge in [-0.25, -0.2) is 13.4 Å². The van der Waals surface area contributed by atoms with E-state index >= 15 is 0 Å². The molecule has 37 heavy (non-hydrogen) atoms. The maximum Gasteiger partial charge on any atom is 0.274 e. The second-order valence-electron chi connectivity index (χ2n) is 8.64. The molecule has 4 aromatic rings. The third-order valence-corrected chi connectivity index (χ3v) is 7.27. The van der Waals surface area contributed by atoms with Crippen LogP contribution in [0.15, 0.2) is 108 Å². The molecular formula is C28H24N4O4S. The molecule has 0 bridgehead atoms. The number of anilines is 1. The van der Waals surface area contributed by atoms with E-state index in [4.69, 9.17) is 0 Å². The quantitative estimate of drug-likeness (QED) is 0.372. The summed E-state index contributed by atoms with van der Waals surface area (Å²) in [5.74, 6) is -0.446. The number of carbonyl (C=O) groups is 1. The zero-order chi connectivity index (χ0) is 25.8. The van der Waals surface area contributed by atoms with Gasteiger partial charge in [0.25, 0.3) is 5.91 Å². The number of hydrogen-bond acceptors (Lipinski definition) is 6. The van der Waals surface area contributed by atoms with Crippen LogP contribution in [0.5, 0.6) is 5.75 Å². The summed E-state index contributed by atoms with van der Waals surface area (Å²) < 4.78 is 27.7. The standard InChI is InChI=1S/C28H24N4O4S/c33-27-11-5-4-10-24(27)26-17-25(22-9-6-16-29-18-22)30-32(26)28(34)21-12-14-23(15-13-21)31-37(35,36)19-20-7-2-1-3-8-20/h1-16,18,26,31,33H,17,19H2. The number of hydrogen-bond donors (Lipinski definition) is 2. The predicted octanol–water partition coefficient (Wildman–Crippen LogP) is 4.72. The molecule has 9 heteroatoms. The minimum absolute atomic E-state index is 0.0797. The minimum Gasteiger partial charge on any atom is -0.508 e. The fourth-order valence-electron chi connectivity index (χ4n) is 4.24. The maximum absolute atomic E-state index is 13.5. The van der Waals surface area contributed by atoms with Gasteiger partial charge in [0.05, 0.1) is 17.5 Å². The van der Waals surface area contributed by atoms with E-state index in [-0.39, 0.29) is 17.4 Å². The molecule has 1 amide bonds. The lowest BCUT2D eigenvalue weighted by atomic mass is 9.98. The first-order valence-electron chi connectivity index (χ1n) is 11.6. The van der Waals surface area contributed by atoms with E-state index in [0.717, 1.165) is 5.56 Å². The summed E-state index contributed by atoms with van der Waals surface area (Å²) >= 11 is 0. The Balaban J connectivity index is 1.38. The van der Waals surface area contributed by atoms with Crippen LogP contribution in [0.4, 0.5) is 5.69 Å². The van der Waals surface area contributed by atoms with Gasteiger partial charge in [0.2, 0.25) is 10.0 Å². The number of carbonyl (C=O) groups excluding carboxylic acids is 1. The lowest BCUT2D eigenvalue weighted by molar-refractivity contribution is 0.0709. The lowest BCUT2D eigenvalue weighted by Crippen LogP contribution is -2.27. The van der Waals surface area contributed by atoms with Gasteiger partial charge in [-0.05, 0) is 42.0 Å². The summed E-state index contributed by atoms with van der Waals surface area (Å²) in [5, 5.41) is 16.4. The lowest BCUT2D eigenvalue weighted by Gasteiger charge is -2.23. The number of aromatic nitrogens is 1. The first kappa shape index (κ1) is 24.2. The molecule has 2 heterocycles. The van der Waals surface area contributed by atoms with Gasteiger partial charge in [-0.1, -0.05) is 54.6 Å². The van der Waals surface area contributed by atoms with Gasteiger partial charge in [0.1, 0.15) is 5.75 Å². The molecular weight excluding hydrogens is 488 g/mol. The summed E-state index contributed by atoms with van der Waals surface area (Å²) in [7, 11) is -3.62. The van der Waals surface area contributed by atoms with E-state index in [0.29, 0.717) is 34.5 Å². The molecule has 0 saturated heterocycles. The van der Waals surface area contributed by atoms with Crippen molar-refractivity contribution < 1.29 is 18.3 Å². The normalized spacial score (nSPS) is 15.3. The van der Waals surface area contributed by atoms with Crippen molar-refractivity contribution in [1.82, 2.24) is 9.99 Å². The number of benzene rings is 3. The van der Waals surface area contributed by atoms with Crippen molar-refractivity contribution in [1.29, 1.82) is 0 Å². The molecule has 1 aliphatic heterocycles. The third-order valence-electron chi connectivity index (χ3n) is 6.01. The van der Waals surface area contributed by atoms with Crippen LogP contribution < -0.4 is 4.72 Å². The van der Waals surface area contributed by atoms with Gasteiger partial charge in [-0.15, -0.1) is 0 Å². The first-order valence-corrected chi connectivity index (χ1v) is 13.3. The summed E-state index contributed by atoms with van der Waals surface area (Å²) in [6.45, 7) is 0. The summed E-state index contributed by atoms with van der Waals surface area (Å²) in [4.78, 5) is 17.7. The Kier molecular flexibility index (Phi) is 6.70. The fraction of sp³-hybridized carbons (Fsp3) is 0.107. The summed E-state index contributed by atoms with van der Waals surface area (Å²) in [6.07, 6.45) is 3.76. The van der Waals surface area contributed by atoms with Gasteiger partial charge in [-0.2, -0.15) is 5.10 Å². The maximum atomic E-state index is 13.5. The fourth-order valence-corrected chi connectivity index (χ4v) is 5.44. The highest BCUT2D eigenvalue weighted by Crippen LogP contribution is 2.37. The van der Waals surface area contributed by atoms with Crippen LogP contribution >= 0.6 is 0 Å². The van der Waals surface area contributed by atoms with Crippen LogP contribution in [0.1, 0.15) is 39.5 Å². The van der Waals surface area contributed by atoms with E-state index in [1.807, 2.05) is 12.1 Å². The molecule has 0 radical (unpaired) electrons. The molecule has 5 rings (SSSR count). The second kappa shape index (κ2) is 10.2. The zero-order valence-electron chi connectivity index (χ0n) is 19.7. The second-order valence-corrected chi connectivity index (χ2v) is 10.4. The average Bonchev–Trinajstić information content (AvgIpc) is 3.35. The van der Waals surface area contributed by atoms with E-state index in [1.165, 1.54) is 5.01 Å². The monoisotopic (exact) mass is 512 g/mol. The molecule has 0 saturated carbocycles. The van der Waals surface area contributed by atoms with Crippen LogP contribution in [-0.2, 0) is 15.8 Å². The predicted molar refractivity (Wildman–Crippen MR) is 142 cm³/mol. The van der Waals surface area contributed by atoms with Crippen molar-refractivity contribution in [3.05, 3.63) is 126 Å². The number of hydrazone groups is 1. The minimum atomic E-state index is -3.62. The summed E-state index contributed by atoms with van der Waals surface area (Å²) in [5.41, 5.74) is 3.42. The first-order chi connectivity index (χ1) is 17.9. The molecule has 1 aromatic heterocycles. The molecule has 1 unspecified atom stereocenters. The van der Waals surface area contributed by atoms with Crippen LogP contribution in [0, 0.1) is 0 Å². The molecule has 1 aliphatic rings. The van der Waals surface area contributed by atoms with Crippen molar-refractivity contribution >= 4 is 27.3 Å². The van der Waals surface area contributed by atoms with Crippen LogP contribution in [-0.4, -0.2) is 35.1 Å². The van der Waals surface area contributed by atoms with Gasteiger partial charge >= 0.3 is 0 Å². The SMILES string of the molecule is O=C(c1ccc(NS(=O)(=O)Cc2ccccc2)cc1)N1N=C(c2cccnc2)CC1c1ccccc1O. The van der Waals surface area contributed by atoms with Crippen molar-refractivity contribution in [2.24, 2.45) is 5.10 Å². The van der Waals surface area contributed by atoms with Gasteiger partial charge in [-0.3, -0.25) is 14.5 Å².